The molecule has 0 radical (unpaired) electrons. The normalized spacial score (nSPS) is 13.6. The SMILES string of the molecule is CCCCCCC/C=C/CC/C=C/C(O)C(CO)NC(=O)CCCCCCCCCCCCCCC. The van der Waals surface area contributed by atoms with Crippen molar-refractivity contribution in [3.63, 3.8) is 0 Å². The van der Waals surface area contributed by atoms with Gasteiger partial charge >= 0.3 is 0 Å². The van der Waals surface area contributed by atoms with E-state index in [1.807, 2.05) is 6.08 Å². The molecule has 1 amide bonds. The van der Waals surface area contributed by atoms with Crippen LogP contribution in [0.15, 0.2) is 24.3 Å². The van der Waals surface area contributed by atoms with Crippen LogP contribution in [0.2, 0.25) is 0 Å². The van der Waals surface area contributed by atoms with Crippen LogP contribution in [0.3, 0.4) is 0 Å². The summed E-state index contributed by atoms with van der Waals surface area (Å²) in [4.78, 5) is 12.2. The van der Waals surface area contributed by atoms with Gasteiger partial charge in [0.15, 0.2) is 0 Å². The van der Waals surface area contributed by atoms with Crippen molar-refractivity contribution in [2.45, 2.75) is 167 Å². The number of aliphatic hydroxyl groups excluding tert-OH is 2. The summed E-state index contributed by atoms with van der Waals surface area (Å²) in [6.07, 6.45) is 33.9. The molecule has 0 spiro atoms. The Morgan fingerprint density at radius 3 is 1.61 bits per heavy atom. The average Bonchev–Trinajstić information content (AvgIpc) is 2.88. The van der Waals surface area contributed by atoms with Gasteiger partial charge in [-0.1, -0.05) is 141 Å². The van der Waals surface area contributed by atoms with E-state index in [4.69, 9.17) is 0 Å². The Bertz CT molecular complexity index is 518. The number of hydrogen-bond donors (Lipinski definition) is 3. The van der Waals surface area contributed by atoms with E-state index in [1.165, 1.54) is 103 Å². The van der Waals surface area contributed by atoms with Gasteiger partial charge in [-0.05, 0) is 32.1 Å². The lowest BCUT2D eigenvalue weighted by Gasteiger charge is -2.19. The molecule has 0 aliphatic rings. The first kappa shape index (κ1) is 34.9. The molecule has 0 rings (SSSR count). The second-order valence-corrected chi connectivity index (χ2v) is 10.5. The zero-order valence-corrected chi connectivity index (χ0v) is 24.0. The molecular weight excluding hydrogens is 446 g/mol. The second kappa shape index (κ2) is 28.4. The van der Waals surface area contributed by atoms with Gasteiger partial charge in [0.1, 0.15) is 0 Å². The molecular formula is C32H61NO3. The molecule has 0 saturated heterocycles. The number of unbranched alkanes of at least 4 members (excludes halogenated alkanes) is 18. The lowest BCUT2D eigenvalue weighted by atomic mass is 10.0. The lowest BCUT2D eigenvalue weighted by molar-refractivity contribution is -0.123. The van der Waals surface area contributed by atoms with E-state index in [-0.39, 0.29) is 12.5 Å². The predicted octanol–water partition coefficient (Wildman–Crippen LogP) is 8.56. The molecule has 0 aromatic carbocycles. The molecule has 2 unspecified atom stereocenters. The Hall–Kier alpha value is -1.13. The molecule has 0 heterocycles. The zero-order valence-electron chi connectivity index (χ0n) is 24.0. The van der Waals surface area contributed by atoms with Crippen LogP contribution in [0.1, 0.15) is 155 Å². The Morgan fingerprint density at radius 1 is 0.639 bits per heavy atom. The van der Waals surface area contributed by atoms with Crippen molar-refractivity contribution in [2.75, 3.05) is 6.61 Å². The summed E-state index contributed by atoms with van der Waals surface area (Å²) in [6, 6.07) is -0.630. The highest BCUT2D eigenvalue weighted by atomic mass is 16.3. The summed E-state index contributed by atoms with van der Waals surface area (Å²) in [5.74, 6) is -0.0774. The zero-order chi connectivity index (χ0) is 26.5. The first-order chi connectivity index (χ1) is 17.7. The smallest absolute Gasteiger partial charge is 0.220 e. The van der Waals surface area contributed by atoms with Gasteiger partial charge < -0.3 is 15.5 Å². The van der Waals surface area contributed by atoms with Crippen LogP contribution in [-0.4, -0.2) is 34.9 Å². The summed E-state index contributed by atoms with van der Waals surface area (Å²) in [7, 11) is 0. The van der Waals surface area contributed by atoms with Crippen LogP contribution < -0.4 is 5.32 Å². The topological polar surface area (TPSA) is 69.6 Å². The Kier molecular flexibility index (Phi) is 27.5. The molecule has 0 aliphatic heterocycles. The highest BCUT2D eigenvalue weighted by Gasteiger charge is 2.17. The van der Waals surface area contributed by atoms with Gasteiger partial charge in [-0.25, -0.2) is 0 Å². The number of rotatable bonds is 27. The van der Waals surface area contributed by atoms with Gasteiger partial charge in [0.25, 0.3) is 0 Å². The molecule has 0 bridgehead atoms. The van der Waals surface area contributed by atoms with E-state index >= 15 is 0 Å². The maximum atomic E-state index is 12.2. The van der Waals surface area contributed by atoms with Gasteiger partial charge in [0, 0.05) is 6.42 Å². The van der Waals surface area contributed by atoms with E-state index in [2.05, 4.69) is 31.3 Å². The number of amides is 1. The van der Waals surface area contributed by atoms with Gasteiger partial charge in [0.05, 0.1) is 18.8 Å². The average molecular weight is 508 g/mol. The third-order valence-corrected chi connectivity index (χ3v) is 6.94. The van der Waals surface area contributed by atoms with Crippen molar-refractivity contribution in [1.82, 2.24) is 5.32 Å². The van der Waals surface area contributed by atoms with Gasteiger partial charge in [-0.3, -0.25) is 4.79 Å². The van der Waals surface area contributed by atoms with Crippen LogP contribution in [0.5, 0.6) is 0 Å². The maximum absolute atomic E-state index is 12.2. The summed E-state index contributed by atoms with van der Waals surface area (Å²) < 4.78 is 0. The monoisotopic (exact) mass is 507 g/mol. The Morgan fingerprint density at radius 2 is 1.08 bits per heavy atom. The number of nitrogens with one attached hydrogen (secondary N) is 1. The van der Waals surface area contributed by atoms with Crippen molar-refractivity contribution in [2.24, 2.45) is 0 Å². The highest BCUT2D eigenvalue weighted by Crippen LogP contribution is 2.13. The molecule has 0 aromatic heterocycles. The molecule has 4 nitrogen and oxygen atoms in total. The third-order valence-electron chi connectivity index (χ3n) is 6.94. The summed E-state index contributed by atoms with van der Waals surface area (Å²) in [5, 5.41) is 22.7. The largest absolute Gasteiger partial charge is 0.394 e. The van der Waals surface area contributed by atoms with E-state index in [9.17, 15) is 15.0 Å². The number of aliphatic hydroxyl groups is 2. The molecule has 0 aromatic rings. The summed E-state index contributed by atoms with van der Waals surface area (Å²) in [6.45, 7) is 4.25. The standard InChI is InChI=1S/C32H61NO3/c1-3-5-7-9-11-13-15-16-18-20-22-24-26-28-32(36)33-30(29-34)31(35)27-25-23-21-19-17-14-12-10-8-6-4-2/h17,19,25,27,30-31,34-35H,3-16,18,20-24,26,28-29H2,1-2H3,(H,33,36)/b19-17+,27-25+. The number of carbonyl (C=O) groups excluding carboxylic acids is 1. The Balaban J connectivity index is 3.71. The van der Waals surface area contributed by atoms with E-state index < -0.39 is 12.1 Å². The quantitative estimate of drug-likeness (QED) is 0.0770. The minimum Gasteiger partial charge on any atom is -0.394 e. The van der Waals surface area contributed by atoms with Crippen LogP contribution in [0, 0.1) is 0 Å². The molecule has 0 saturated carbocycles. The summed E-state index contributed by atoms with van der Waals surface area (Å²) >= 11 is 0. The third kappa shape index (κ3) is 24.6. The van der Waals surface area contributed by atoms with Gasteiger partial charge in [-0.15, -0.1) is 0 Å². The lowest BCUT2D eigenvalue weighted by Crippen LogP contribution is -2.45. The maximum Gasteiger partial charge on any atom is 0.220 e. The van der Waals surface area contributed by atoms with E-state index in [0.717, 1.165) is 32.1 Å². The number of carbonyl (C=O) groups is 1. The molecule has 3 N–H and O–H groups in total. The fraction of sp³-hybridized carbons (Fsp3) is 0.844. The molecule has 0 fully saturated rings. The van der Waals surface area contributed by atoms with Crippen molar-refractivity contribution in [1.29, 1.82) is 0 Å². The first-order valence-electron chi connectivity index (χ1n) is 15.6. The van der Waals surface area contributed by atoms with Crippen molar-refractivity contribution < 1.29 is 15.0 Å². The van der Waals surface area contributed by atoms with Crippen molar-refractivity contribution in [3.05, 3.63) is 24.3 Å². The van der Waals surface area contributed by atoms with Crippen LogP contribution in [0.25, 0.3) is 0 Å². The van der Waals surface area contributed by atoms with Crippen LogP contribution in [0.4, 0.5) is 0 Å². The first-order valence-corrected chi connectivity index (χ1v) is 15.6. The fourth-order valence-electron chi connectivity index (χ4n) is 4.48. The minimum atomic E-state index is -0.854. The number of allylic oxidation sites excluding steroid dienone is 3. The molecule has 212 valence electrons. The molecule has 36 heavy (non-hydrogen) atoms. The van der Waals surface area contributed by atoms with Crippen molar-refractivity contribution >= 4 is 5.91 Å². The second-order valence-electron chi connectivity index (χ2n) is 10.5. The molecule has 2 atom stereocenters. The van der Waals surface area contributed by atoms with E-state index in [0.29, 0.717) is 6.42 Å². The van der Waals surface area contributed by atoms with Crippen LogP contribution in [-0.2, 0) is 4.79 Å². The van der Waals surface area contributed by atoms with Crippen molar-refractivity contribution in [3.8, 4) is 0 Å². The Labute approximate surface area is 224 Å². The van der Waals surface area contributed by atoms with Crippen LogP contribution >= 0.6 is 0 Å². The van der Waals surface area contributed by atoms with E-state index in [1.54, 1.807) is 6.08 Å². The van der Waals surface area contributed by atoms with Gasteiger partial charge in [0.2, 0.25) is 5.91 Å². The summed E-state index contributed by atoms with van der Waals surface area (Å²) in [5.41, 5.74) is 0. The predicted molar refractivity (Wildman–Crippen MR) is 156 cm³/mol. The fourth-order valence-corrected chi connectivity index (χ4v) is 4.48. The molecule has 0 aliphatic carbocycles. The minimum absolute atomic E-state index is 0.0774. The number of hydrogen-bond acceptors (Lipinski definition) is 3. The molecule has 4 heteroatoms. The van der Waals surface area contributed by atoms with Gasteiger partial charge in [-0.2, -0.15) is 0 Å². The highest BCUT2D eigenvalue weighted by molar-refractivity contribution is 5.76.